The van der Waals surface area contributed by atoms with E-state index in [9.17, 15) is 4.79 Å². The molecule has 1 aromatic rings. The van der Waals surface area contributed by atoms with Gasteiger partial charge in [-0.3, -0.25) is 4.90 Å². The van der Waals surface area contributed by atoms with Crippen LogP contribution in [-0.4, -0.2) is 59.8 Å². The van der Waals surface area contributed by atoms with Gasteiger partial charge in [0.15, 0.2) is 0 Å². The van der Waals surface area contributed by atoms with Crippen LogP contribution >= 0.6 is 23.2 Å². The SMILES string of the molecule is CC(C)(C)OC(=O)N1CCC(N2CCC(Oc3ccc(Cl)c(Cl)c3)CC2)CC1. The predicted octanol–water partition coefficient (Wildman–Crippen LogP) is 5.24. The van der Waals surface area contributed by atoms with E-state index >= 15 is 0 Å². The zero-order chi connectivity index (χ0) is 20.3. The largest absolute Gasteiger partial charge is 0.490 e. The predicted molar refractivity (Wildman–Crippen MR) is 113 cm³/mol. The topological polar surface area (TPSA) is 42.0 Å². The van der Waals surface area contributed by atoms with E-state index in [1.807, 2.05) is 31.7 Å². The molecule has 7 heteroatoms. The Hall–Kier alpha value is -1.17. The molecule has 0 aromatic heterocycles. The number of hydrogen-bond donors (Lipinski definition) is 0. The van der Waals surface area contributed by atoms with E-state index in [1.165, 1.54) is 0 Å². The van der Waals surface area contributed by atoms with Crippen LogP contribution in [-0.2, 0) is 4.74 Å². The van der Waals surface area contributed by atoms with Crippen LogP contribution < -0.4 is 4.74 Å². The van der Waals surface area contributed by atoms with Crippen molar-refractivity contribution in [2.45, 2.75) is 64.2 Å². The van der Waals surface area contributed by atoms with Crippen molar-refractivity contribution in [3.63, 3.8) is 0 Å². The Kier molecular flexibility index (Phi) is 7.00. The first-order chi connectivity index (χ1) is 13.2. The maximum atomic E-state index is 12.2. The average molecular weight is 429 g/mol. The third-order valence-electron chi connectivity index (χ3n) is 5.30. The lowest BCUT2D eigenvalue weighted by Gasteiger charge is -2.41. The summed E-state index contributed by atoms with van der Waals surface area (Å²) in [7, 11) is 0. The van der Waals surface area contributed by atoms with Crippen molar-refractivity contribution in [2.75, 3.05) is 26.2 Å². The van der Waals surface area contributed by atoms with Crippen LogP contribution in [0, 0.1) is 0 Å². The van der Waals surface area contributed by atoms with E-state index in [2.05, 4.69) is 4.90 Å². The van der Waals surface area contributed by atoms with Crippen LogP contribution in [0.5, 0.6) is 5.75 Å². The summed E-state index contributed by atoms with van der Waals surface area (Å²) in [5.41, 5.74) is -0.440. The third-order valence-corrected chi connectivity index (χ3v) is 6.04. The Morgan fingerprint density at radius 2 is 1.64 bits per heavy atom. The monoisotopic (exact) mass is 428 g/mol. The Labute approximate surface area is 177 Å². The van der Waals surface area contributed by atoms with Gasteiger partial charge < -0.3 is 14.4 Å². The Bertz CT molecular complexity index is 677. The van der Waals surface area contributed by atoms with Crippen LogP contribution in [0.4, 0.5) is 4.79 Å². The summed E-state index contributed by atoms with van der Waals surface area (Å²) in [5, 5.41) is 1.06. The molecule has 0 bridgehead atoms. The Morgan fingerprint density at radius 1 is 1.00 bits per heavy atom. The smallest absolute Gasteiger partial charge is 0.410 e. The minimum absolute atomic E-state index is 0.195. The van der Waals surface area contributed by atoms with Gasteiger partial charge in [0.25, 0.3) is 0 Å². The maximum Gasteiger partial charge on any atom is 0.410 e. The third kappa shape index (κ3) is 5.91. The molecule has 0 atom stereocenters. The van der Waals surface area contributed by atoms with Gasteiger partial charge in [0, 0.05) is 38.3 Å². The van der Waals surface area contributed by atoms with Crippen LogP contribution in [0.15, 0.2) is 18.2 Å². The van der Waals surface area contributed by atoms with Crippen molar-refractivity contribution in [1.82, 2.24) is 9.80 Å². The number of carbonyl (C=O) groups is 1. The fourth-order valence-corrected chi connectivity index (χ4v) is 4.13. The molecular formula is C21H30Cl2N2O3. The minimum Gasteiger partial charge on any atom is -0.490 e. The van der Waals surface area contributed by atoms with Crippen molar-refractivity contribution >= 4 is 29.3 Å². The quantitative estimate of drug-likeness (QED) is 0.660. The minimum atomic E-state index is -0.440. The van der Waals surface area contributed by atoms with E-state index in [0.29, 0.717) is 16.1 Å². The Morgan fingerprint density at radius 3 is 2.21 bits per heavy atom. The summed E-state index contributed by atoms with van der Waals surface area (Å²) < 4.78 is 11.6. The van der Waals surface area contributed by atoms with Crippen molar-refractivity contribution in [3.8, 4) is 5.75 Å². The highest BCUT2D eigenvalue weighted by atomic mass is 35.5. The zero-order valence-electron chi connectivity index (χ0n) is 16.9. The van der Waals surface area contributed by atoms with Crippen LogP contribution in [0.1, 0.15) is 46.5 Å². The molecule has 0 unspecified atom stereocenters. The molecule has 2 heterocycles. The molecular weight excluding hydrogens is 399 g/mol. The second kappa shape index (κ2) is 9.10. The van der Waals surface area contributed by atoms with Gasteiger partial charge in [-0.1, -0.05) is 23.2 Å². The van der Waals surface area contributed by atoms with Crippen LogP contribution in [0.3, 0.4) is 0 Å². The number of benzene rings is 1. The molecule has 0 saturated carbocycles. The Balaban J connectivity index is 1.42. The van der Waals surface area contributed by atoms with Gasteiger partial charge in [0.2, 0.25) is 0 Å². The number of nitrogens with zero attached hydrogens (tertiary/aromatic N) is 2. The normalized spacial score (nSPS) is 20.2. The molecule has 1 aromatic carbocycles. The second-order valence-corrected chi connectivity index (χ2v) is 9.44. The first kappa shape index (κ1) is 21.5. The summed E-state index contributed by atoms with van der Waals surface area (Å²) in [6.07, 6.45) is 3.99. The molecule has 0 aliphatic carbocycles. The lowest BCUT2D eigenvalue weighted by atomic mass is 9.99. The number of halogens is 2. The van der Waals surface area contributed by atoms with Crippen molar-refractivity contribution in [2.24, 2.45) is 0 Å². The highest BCUT2D eigenvalue weighted by Crippen LogP contribution is 2.29. The lowest BCUT2D eigenvalue weighted by molar-refractivity contribution is 0.00906. The van der Waals surface area contributed by atoms with Gasteiger partial charge in [-0.15, -0.1) is 0 Å². The number of likely N-dealkylation sites (tertiary alicyclic amines) is 2. The highest BCUT2D eigenvalue weighted by Gasteiger charge is 2.31. The number of amides is 1. The van der Waals surface area contributed by atoms with E-state index in [1.54, 1.807) is 12.1 Å². The maximum absolute atomic E-state index is 12.2. The van der Waals surface area contributed by atoms with Crippen molar-refractivity contribution in [1.29, 1.82) is 0 Å². The molecule has 2 aliphatic rings. The van der Waals surface area contributed by atoms with Crippen molar-refractivity contribution < 1.29 is 14.3 Å². The van der Waals surface area contributed by atoms with E-state index < -0.39 is 5.60 Å². The summed E-state index contributed by atoms with van der Waals surface area (Å²) >= 11 is 12.0. The molecule has 3 rings (SSSR count). The summed E-state index contributed by atoms with van der Waals surface area (Å²) in [6, 6.07) is 5.95. The molecule has 0 spiro atoms. The molecule has 2 fully saturated rings. The van der Waals surface area contributed by atoms with Gasteiger partial charge >= 0.3 is 6.09 Å². The number of piperidine rings is 2. The molecule has 156 valence electrons. The van der Waals surface area contributed by atoms with E-state index in [4.69, 9.17) is 32.7 Å². The lowest BCUT2D eigenvalue weighted by Crippen LogP contribution is -2.50. The van der Waals surface area contributed by atoms with Crippen molar-refractivity contribution in [3.05, 3.63) is 28.2 Å². The molecule has 1 amide bonds. The number of hydrogen-bond acceptors (Lipinski definition) is 4. The number of ether oxygens (including phenoxy) is 2. The summed E-state index contributed by atoms with van der Waals surface area (Å²) in [5.74, 6) is 0.776. The average Bonchev–Trinajstić information content (AvgIpc) is 2.64. The van der Waals surface area contributed by atoms with Crippen LogP contribution in [0.2, 0.25) is 10.0 Å². The van der Waals surface area contributed by atoms with Gasteiger partial charge in [0.1, 0.15) is 17.5 Å². The molecule has 28 heavy (non-hydrogen) atoms. The molecule has 5 nitrogen and oxygen atoms in total. The van der Waals surface area contributed by atoms with Gasteiger partial charge in [-0.25, -0.2) is 4.79 Å². The molecule has 0 radical (unpaired) electrons. The van der Waals surface area contributed by atoms with Gasteiger partial charge in [-0.2, -0.15) is 0 Å². The molecule has 0 N–H and O–H groups in total. The molecule has 2 aliphatic heterocycles. The van der Waals surface area contributed by atoms with E-state index in [-0.39, 0.29) is 12.2 Å². The summed E-state index contributed by atoms with van der Waals surface area (Å²) in [4.78, 5) is 16.6. The first-order valence-electron chi connectivity index (χ1n) is 10.0. The molecule has 2 saturated heterocycles. The van der Waals surface area contributed by atoms with E-state index in [0.717, 1.165) is 57.6 Å². The van der Waals surface area contributed by atoms with Gasteiger partial charge in [-0.05, 0) is 58.6 Å². The van der Waals surface area contributed by atoms with Gasteiger partial charge in [0.05, 0.1) is 10.0 Å². The van der Waals surface area contributed by atoms with Crippen LogP contribution in [0.25, 0.3) is 0 Å². The zero-order valence-corrected chi connectivity index (χ0v) is 18.4. The second-order valence-electron chi connectivity index (χ2n) is 8.63. The number of rotatable bonds is 3. The summed E-state index contributed by atoms with van der Waals surface area (Å²) in [6.45, 7) is 9.27. The fourth-order valence-electron chi connectivity index (χ4n) is 3.84. The first-order valence-corrected chi connectivity index (χ1v) is 10.8. The number of carbonyl (C=O) groups excluding carboxylic acids is 1. The fraction of sp³-hybridized carbons (Fsp3) is 0.667. The highest BCUT2D eigenvalue weighted by molar-refractivity contribution is 6.42. The standard InChI is InChI=1S/C21H30Cl2N2O3/c1-21(2,3)28-20(26)25-10-6-15(7-11-25)24-12-8-16(9-13-24)27-17-4-5-18(22)19(23)14-17/h4-5,14-16H,6-13H2,1-3H3.